The Bertz CT molecular complexity index is 116. The zero-order chi connectivity index (χ0) is 8.27. The smallest absolute Gasteiger partial charge is 0.0734 e. The molecule has 66 valence electrons. The Labute approximate surface area is 74.1 Å². The van der Waals surface area contributed by atoms with Crippen LogP contribution in [0.2, 0.25) is 0 Å². The number of hydrogen-bond acceptors (Lipinski definition) is 1. The minimum absolute atomic E-state index is 0.234. The van der Waals surface area contributed by atoms with Crippen molar-refractivity contribution in [3.8, 4) is 0 Å². The van der Waals surface area contributed by atoms with E-state index in [9.17, 15) is 0 Å². The molecular formula is C9H17ClO. The summed E-state index contributed by atoms with van der Waals surface area (Å²) in [4.78, 5) is 0. The van der Waals surface area contributed by atoms with Gasteiger partial charge in [0, 0.05) is 7.11 Å². The van der Waals surface area contributed by atoms with E-state index in [1.54, 1.807) is 7.11 Å². The van der Waals surface area contributed by atoms with E-state index in [0.29, 0.717) is 6.10 Å². The van der Waals surface area contributed by atoms with Crippen molar-refractivity contribution in [3.05, 3.63) is 0 Å². The molecule has 2 heteroatoms. The number of hydrogen-bond donors (Lipinski definition) is 0. The maximum atomic E-state index is 6.16. The molecule has 1 rings (SSSR count). The molecule has 0 aromatic rings. The Morgan fingerprint density at radius 2 is 2.09 bits per heavy atom. The van der Waals surface area contributed by atoms with Gasteiger partial charge in [-0.3, -0.25) is 0 Å². The van der Waals surface area contributed by atoms with Gasteiger partial charge in [-0.1, -0.05) is 19.8 Å². The first kappa shape index (κ1) is 9.34. The molecular weight excluding hydrogens is 160 g/mol. The highest BCUT2D eigenvalue weighted by Crippen LogP contribution is 2.27. The van der Waals surface area contributed by atoms with Crippen LogP contribution >= 0.6 is 11.6 Å². The Balaban J connectivity index is 2.43. The highest BCUT2D eigenvalue weighted by Gasteiger charge is 2.24. The molecule has 3 atom stereocenters. The van der Waals surface area contributed by atoms with Crippen LogP contribution in [-0.4, -0.2) is 18.6 Å². The molecule has 0 aliphatic heterocycles. The van der Waals surface area contributed by atoms with Crippen molar-refractivity contribution in [1.29, 1.82) is 0 Å². The average molecular weight is 177 g/mol. The summed E-state index contributed by atoms with van der Waals surface area (Å²) in [5.41, 5.74) is 0. The van der Waals surface area contributed by atoms with Crippen molar-refractivity contribution in [3.63, 3.8) is 0 Å². The highest BCUT2D eigenvalue weighted by molar-refractivity contribution is 6.21. The lowest BCUT2D eigenvalue weighted by molar-refractivity contribution is 0.0923. The van der Waals surface area contributed by atoms with Crippen LogP contribution in [0.3, 0.4) is 0 Å². The van der Waals surface area contributed by atoms with Crippen molar-refractivity contribution in [2.45, 2.75) is 44.1 Å². The molecule has 0 amide bonds. The lowest BCUT2D eigenvalue weighted by Gasteiger charge is -2.18. The third kappa shape index (κ3) is 2.64. The van der Waals surface area contributed by atoms with Gasteiger partial charge in [-0.05, 0) is 18.8 Å². The van der Waals surface area contributed by atoms with Gasteiger partial charge in [0.05, 0.1) is 11.5 Å². The van der Waals surface area contributed by atoms with E-state index in [0.717, 1.165) is 18.8 Å². The van der Waals surface area contributed by atoms with Crippen molar-refractivity contribution in [2.75, 3.05) is 7.11 Å². The third-order valence-corrected chi connectivity index (χ3v) is 2.98. The van der Waals surface area contributed by atoms with Gasteiger partial charge >= 0.3 is 0 Å². The molecule has 3 unspecified atom stereocenters. The Morgan fingerprint density at radius 3 is 2.73 bits per heavy atom. The molecule has 1 fully saturated rings. The zero-order valence-corrected chi connectivity index (χ0v) is 8.10. The van der Waals surface area contributed by atoms with E-state index >= 15 is 0 Å². The number of rotatable bonds is 1. The van der Waals surface area contributed by atoms with Crippen LogP contribution in [0.25, 0.3) is 0 Å². The summed E-state index contributed by atoms with van der Waals surface area (Å²) >= 11 is 6.16. The standard InChI is InChI=1S/C9H17ClO/c1-7-4-3-5-9(11-2)8(10)6-7/h7-9H,3-6H2,1-2H3. The first-order valence-corrected chi connectivity index (χ1v) is 4.84. The van der Waals surface area contributed by atoms with E-state index in [1.807, 2.05) is 0 Å². The van der Waals surface area contributed by atoms with Gasteiger partial charge in [-0.25, -0.2) is 0 Å². The van der Waals surface area contributed by atoms with E-state index < -0.39 is 0 Å². The quantitative estimate of drug-likeness (QED) is 0.441. The van der Waals surface area contributed by atoms with Gasteiger partial charge in [0.2, 0.25) is 0 Å². The molecule has 0 aromatic carbocycles. The molecule has 0 spiro atoms. The zero-order valence-electron chi connectivity index (χ0n) is 7.35. The Hall–Kier alpha value is 0.250. The lowest BCUT2D eigenvalue weighted by atomic mass is 10.0. The second kappa shape index (κ2) is 4.32. The summed E-state index contributed by atoms with van der Waals surface area (Å²) in [5, 5.41) is 0.234. The predicted molar refractivity (Wildman–Crippen MR) is 48.1 cm³/mol. The Morgan fingerprint density at radius 1 is 1.36 bits per heavy atom. The summed E-state index contributed by atoms with van der Waals surface area (Å²) < 4.78 is 5.30. The van der Waals surface area contributed by atoms with Crippen LogP contribution in [0.15, 0.2) is 0 Å². The van der Waals surface area contributed by atoms with E-state index in [4.69, 9.17) is 16.3 Å². The summed E-state index contributed by atoms with van der Waals surface area (Å²) in [6, 6.07) is 0. The normalized spacial score (nSPS) is 40.1. The summed E-state index contributed by atoms with van der Waals surface area (Å²) in [6.45, 7) is 2.27. The molecule has 1 aliphatic carbocycles. The first-order chi connectivity index (χ1) is 5.24. The molecule has 1 saturated carbocycles. The van der Waals surface area contributed by atoms with Crippen LogP contribution in [0.4, 0.5) is 0 Å². The third-order valence-electron chi connectivity index (χ3n) is 2.52. The van der Waals surface area contributed by atoms with Crippen LogP contribution in [0, 0.1) is 5.92 Å². The predicted octanol–water partition coefficient (Wildman–Crippen LogP) is 2.82. The van der Waals surface area contributed by atoms with Gasteiger partial charge in [-0.15, -0.1) is 11.6 Å². The van der Waals surface area contributed by atoms with E-state index in [1.165, 1.54) is 12.8 Å². The maximum absolute atomic E-state index is 6.16. The second-order valence-electron chi connectivity index (χ2n) is 3.56. The SMILES string of the molecule is COC1CCCC(C)CC1Cl. The molecule has 0 saturated heterocycles. The second-order valence-corrected chi connectivity index (χ2v) is 4.12. The number of halogens is 1. The van der Waals surface area contributed by atoms with Gasteiger partial charge in [0.25, 0.3) is 0 Å². The summed E-state index contributed by atoms with van der Waals surface area (Å²) in [6.07, 6.45) is 5.11. The maximum Gasteiger partial charge on any atom is 0.0734 e. The number of alkyl halides is 1. The molecule has 11 heavy (non-hydrogen) atoms. The minimum atomic E-state index is 0.234. The Kier molecular flexibility index (Phi) is 3.67. The van der Waals surface area contributed by atoms with Crippen LogP contribution in [0.1, 0.15) is 32.6 Å². The molecule has 0 radical (unpaired) electrons. The van der Waals surface area contributed by atoms with Crippen LogP contribution in [-0.2, 0) is 4.74 Å². The van der Waals surface area contributed by atoms with Crippen LogP contribution in [0.5, 0.6) is 0 Å². The van der Waals surface area contributed by atoms with Gasteiger partial charge in [-0.2, -0.15) is 0 Å². The van der Waals surface area contributed by atoms with E-state index in [2.05, 4.69) is 6.92 Å². The molecule has 0 bridgehead atoms. The van der Waals surface area contributed by atoms with Crippen molar-refractivity contribution < 1.29 is 4.74 Å². The molecule has 0 aromatic heterocycles. The van der Waals surface area contributed by atoms with Crippen molar-refractivity contribution >= 4 is 11.6 Å². The highest BCUT2D eigenvalue weighted by atomic mass is 35.5. The summed E-state index contributed by atoms with van der Waals surface area (Å²) in [7, 11) is 1.76. The molecule has 0 heterocycles. The number of ether oxygens (including phenoxy) is 1. The molecule has 1 nitrogen and oxygen atoms in total. The van der Waals surface area contributed by atoms with Gasteiger partial charge < -0.3 is 4.74 Å². The van der Waals surface area contributed by atoms with E-state index in [-0.39, 0.29) is 5.38 Å². The average Bonchev–Trinajstić information content (AvgIpc) is 2.11. The molecule has 0 N–H and O–H groups in total. The first-order valence-electron chi connectivity index (χ1n) is 4.41. The van der Waals surface area contributed by atoms with Crippen molar-refractivity contribution in [1.82, 2.24) is 0 Å². The van der Waals surface area contributed by atoms with Crippen LogP contribution < -0.4 is 0 Å². The minimum Gasteiger partial charge on any atom is -0.380 e. The van der Waals surface area contributed by atoms with Gasteiger partial charge in [0.1, 0.15) is 0 Å². The van der Waals surface area contributed by atoms with Crippen molar-refractivity contribution in [2.24, 2.45) is 5.92 Å². The lowest BCUT2D eigenvalue weighted by Crippen LogP contribution is -2.22. The molecule has 1 aliphatic rings. The largest absolute Gasteiger partial charge is 0.380 e. The topological polar surface area (TPSA) is 9.23 Å². The van der Waals surface area contributed by atoms with Gasteiger partial charge in [0.15, 0.2) is 0 Å². The monoisotopic (exact) mass is 176 g/mol. The summed E-state index contributed by atoms with van der Waals surface area (Å²) in [5.74, 6) is 0.776. The number of methoxy groups -OCH3 is 1. The fraction of sp³-hybridized carbons (Fsp3) is 1.00. The fourth-order valence-corrected chi connectivity index (χ4v) is 2.30. The fourth-order valence-electron chi connectivity index (χ4n) is 1.77.